The predicted octanol–water partition coefficient (Wildman–Crippen LogP) is 1.68. The van der Waals surface area contributed by atoms with Gasteiger partial charge in [-0.3, -0.25) is 0 Å². The molecule has 0 amide bonds. The SMILES string of the molecule is NC/C=C1\CCc2cccc(O)c21. The molecule has 0 aliphatic heterocycles. The van der Waals surface area contributed by atoms with Gasteiger partial charge in [0.1, 0.15) is 5.75 Å². The molecule has 0 unspecified atom stereocenters. The fourth-order valence-electron chi connectivity index (χ4n) is 1.91. The van der Waals surface area contributed by atoms with Gasteiger partial charge in [-0.2, -0.15) is 0 Å². The largest absolute Gasteiger partial charge is 0.507 e. The Labute approximate surface area is 77.7 Å². The summed E-state index contributed by atoms with van der Waals surface area (Å²) in [7, 11) is 0. The molecule has 0 spiro atoms. The number of fused-ring (bicyclic) bond motifs is 1. The molecule has 0 radical (unpaired) electrons. The molecule has 1 aliphatic carbocycles. The van der Waals surface area contributed by atoms with E-state index in [9.17, 15) is 5.11 Å². The lowest BCUT2D eigenvalue weighted by Gasteiger charge is -2.03. The molecule has 2 heteroatoms. The molecule has 0 fully saturated rings. The topological polar surface area (TPSA) is 46.2 Å². The van der Waals surface area contributed by atoms with E-state index < -0.39 is 0 Å². The lowest BCUT2D eigenvalue weighted by Crippen LogP contribution is -1.94. The van der Waals surface area contributed by atoms with Crippen molar-refractivity contribution in [2.75, 3.05) is 6.54 Å². The van der Waals surface area contributed by atoms with E-state index in [1.165, 1.54) is 11.1 Å². The summed E-state index contributed by atoms with van der Waals surface area (Å²) in [6, 6.07) is 5.68. The molecule has 0 heterocycles. The molecule has 2 rings (SSSR count). The monoisotopic (exact) mass is 175 g/mol. The predicted molar refractivity (Wildman–Crippen MR) is 53.5 cm³/mol. The first-order valence-electron chi connectivity index (χ1n) is 4.53. The van der Waals surface area contributed by atoms with Gasteiger partial charge in [-0.1, -0.05) is 18.2 Å². The summed E-state index contributed by atoms with van der Waals surface area (Å²) in [4.78, 5) is 0. The Morgan fingerprint density at radius 1 is 1.38 bits per heavy atom. The maximum atomic E-state index is 9.65. The lowest BCUT2D eigenvalue weighted by atomic mass is 10.1. The molecule has 0 saturated carbocycles. The summed E-state index contributed by atoms with van der Waals surface area (Å²) in [6.07, 6.45) is 4.02. The normalized spacial score (nSPS) is 17.8. The van der Waals surface area contributed by atoms with Gasteiger partial charge in [0, 0.05) is 12.1 Å². The average molecular weight is 175 g/mol. The number of nitrogens with two attached hydrogens (primary N) is 1. The summed E-state index contributed by atoms with van der Waals surface area (Å²) in [5.74, 6) is 0.384. The van der Waals surface area contributed by atoms with Crippen LogP contribution < -0.4 is 5.73 Å². The molecule has 0 saturated heterocycles. The number of benzene rings is 1. The van der Waals surface area contributed by atoms with Crippen molar-refractivity contribution >= 4 is 5.57 Å². The van der Waals surface area contributed by atoms with Crippen LogP contribution in [0.2, 0.25) is 0 Å². The van der Waals surface area contributed by atoms with Gasteiger partial charge in [0.25, 0.3) is 0 Å². The van der Waals surface area contributed by atoms with Crippen molar-refractivity contribution < 1.29 is 5.11 Å². The molecular formula is C11H13NO. The van der Waals surface area contributed by atoms with Crippen molar-refractivity contribution in [2.24, 2.45) is 5.73 Å². The molecule has 1 aliphatic rings. The zero-order valence-corrected chi connectivity index (χ0v) is 7.46. The first kappa shape index (κ1) is 8.32. The van der Waals surface area contributed by atoms with Gasteiger partial charge < -0.3 is 10.8 Å². The lowest BCUT2D eigenvalue weighted by molar-refractivity contribution is 0.473. The Kier molecular flexibility index (Phi) is 2.07. The molecule has 2 nitrogen and oxygen atoms in total. The van der Waals surface area contributed by atoms with Crippen LogP contribution in [0, 0.1) is 0 Å². The number of hydrogen-bond donors (Lipinski definition) is 2. The molecule has 1 aromatic rings. The van der Waals surface area contributed by atoms with Crippen molar-refractivity contribution in [3.05, 3.63) is 35.4 Å². The third-order valence-corrected chi connectivity index (χ3v) is 2.48. The summed E-state index contributed by atoms with van der Waals surface area (Å²) in [6.45, 7) is 0.545. The number of phenolic OH excluding ortho intramolecular Hbond substituents is 1. The van der Waals surface area contributed by atoms with E-state index in [2.05, 4.69) is 6.07 Å². The Bertz CT molecular complexity index is 355. The number of aryl methyl sites for hydroxylation is 1. The molecule has 13 heavy (non-hydrogen) atoms. The van der Waals surface area contributed by atoms with Crippen molar-refractivity contribution in [2.45, 2.75) is 12.8 Å². The van der Waals surface area contributed by atoms with Gasteiger partial charge in [-0.25, -0.2) is 0 Å². The molecule has 1 aromatic carbocycles. The first-order chi connectivity index (χ1) is 6.33. The zero-order chi connectivity index (χ0) is 9.26. The van der Waals surface area contributed by atoms with Gasteiger partial charge in [-0.15, -0.1) is 0 Å². The van der Waals surface area contributed by atoms with Crippen LogP contribution in [-0.4, -0.2) is 11.7 Å². The minimum atomic E-state index is 0.384. The van der Waals surface area contributed by atoms with Crippen LogP contribution >= 0.6 is 0 Å². The van der Waals surface area contributed by atoms with E-state index in [4.69, 9.17) is 5.73 Å². The number of allylic oxidation sites excluding steroid dienone is 1. The van der Waals surface area contributed by atoms with Crippen LogP contribution in [0.15, 0.2) is 24.3 Å². The van der Waals surface area contributed by atoms with E-state index >= 15 is 0 Å². The van der Waals surface area contributed by atoms with Gasteiger partial charge in [-0.05, 0) is 30.0 Å². The molecule has 68 valence electrons. The number of phenols is 1. The van der Waals surface area contributed by atoms with E-state index in [1.807, 2.05) is 12.1 Å². The van der Waals surface area contributed by atoms with Crippen molar-refractivity contribution in [3.63, 3.8) is 0 Å². The second-order valence-electron chi connectivity index (χ2n) is 3.28. The highest BCUT2D eigenvalue weighted by molar-refractivity contribution is 5.76. The average Bonchev–Trinajstić information content (AvgIpc) is 2.51. The molecule has 0 bridgehead atoms. The Morgan fingerprint density at radius 2 is 2.23 bits per heavy atom. The summed E-state index contributed by atoms with van der Waals surface area (Å²) >= 11 is 0. The Balaban J connectivity index is 2.52. The van der Waals surface area contributed by atoms with Crippen molar-refractivity contribution in [3.8, 4) is 5.75 Å². The van der Waals surface area contributed by atoms with Crippen LogP contribution in [0.3, 0.4) is 0 Å². The van der Waals surface area contributed by atoms with Crippen LogP contribution in [0.25, 0.3) is 5.57 Å². The highest BCUT2D eigenvalue weighted by Crippen LogP contribution is 2.37. The maximum Gasteiger partial charge on any atom is 0.123 e. The van der Waals surface area contributed by atoms with Crippen LogP contribution in [0.1, 0.15) is 17.5 Å². The Morgan fingerprint density at radius 3 is 3.00 bits per heavy atom. The quantitative estimate of drug-likeness (QED) is 0.682. The van der Waals surface area contributed by atoms with E-state index in [0.29, 0.717) is 12.3 Å². The number of aromatic hydroxyl groups is 1. The molecular weight excluding hydrogens is 162 g/mol. The summed E-state index contributed by atoms with van der Waals surface area (Å²) in [5, 5.41) is 9.65. The molecule has 0 atom stereocenters. The summed E-state index contributed by atoms with van der Waals surface area (Å²) < 4.78 is 0. The summed E-state index contributed by atoms with van der Waals surface area (Å²) in [5.41, 5.74) is 8.89. The standard InChI is InChI=1S/C11H13NO/c12-7-6-9-5-4-8-2-1-3-10(13)11(8)9/h1-3,6,13H,4-5,7,12H2/b9-6+. The van der Waals surface area contributed by atoms with E-state index in [-0.39, 0.29) is 0 Å². The highest BCUT2D eigenvalue weighted by Gasteiger charge is 2.18. The van der Waals surface area contributed by atoms with Crippen LogP contribution in [0.4, 0.5) is 0 Å². The van der Waals surface area contributed by atoms with Crippen LogP contribution in [-0.2, 0) is 6.42 Å². The molecule has 3 N–H and O–H groups in total. The van der Waals surface area contributed by atoms with Gasteiger partial charge >= 0.3 is 0 Å². The Hall–Kier alpha value is -1.28. The number of rotatable bonds is 1. The second-order valence-corrected chi connectivity index (χ2v) is 3.28. The van der Waals surface area contributed by atoms with Gasteiger partial charge in [0.15, 0.2) is 0 Å². The van der Waals surface area contributed by atoms with Crippen molar-refractivity contribution in [1.29, 1.82) is 0 Å². The van der Waals surface area contributed by atoms with Crippen molar-refractivity contribution in [1.82, 2.24) is 0 Å². The first-order valence-corrected chi connectivity index (χ1v) is 4.53. The zero-order valence-electron chi connectivity index (χ0n) is 7.46. The number of hydrogen-bond acceptors (Lipinski definition) is 2. The highest BCUT2D eigenvalue weighted by atomic mass is 16.3. The van der Waals surface area contributed by atoms with E-state index in [0.717, 1.165) is 18.4 Å². The second kappa shape index (κ2) is 3.23. The minimum Gasteiger partial charge on any atom is -0.507 e. The van der Waals surface area contributed by atoms with Crippen LogP contribution in [0.5, 0.6) is 5.75 Å². The smallest absolute Gasteiger partial charge is 0.123 e. The minimum absolute atomic E-state index is 0.384. The maximum absolute atomic E-state index is 9.65. The molecule has 0 aromatic heterocycles. The third-order valence-electron chi connectivity index (χ3n) is 2.48. The van der Waals surface area contributed by atoms with E-state index in [1.54, 1.807) is 6.07 Å². The van der Waals surface area contributed by atoms with Gasteiger partial charge in [0.05, 0.1) is 0 Å². The fourth-order valence-corrected chi connectivity index (χ4v) is 1.91. The van der Waals surface area contributed by atoms with Gasteiger partial charge in [0.2, 0.25) is 0 Å². The third kappa shape index (κ3) is 1.33. The fraction of sp³-hybridized carbons (Fsp3) is 0.273.